The van der Waals surface area contributed by atoms with E-state index in [0.29, 0.717) is 0 Å². The molecule has 0 saturated heterocycles. The molecule has 0 heterocycles. The first-order chi connectivity index (χ1) is 8.50. The van der Waals surface area contributed by atoms with E-state index < -0.39 is 30.8 Å². The molecular formula is C13H16FNaO4. The largest absolute Gasteiger partial charge is 1.00 e. The van der Waals surface area contributed by atoms with E-state index in [1.807, 2.05) is 6.07 Å². The molecule has 1 rings (SSSR count). The van der Waals surface area contributed by atoms with Crippen molar-refractivity contribution in [3.63, 3.8) is 0 Å². The van der Waals surface area contributed by atoms with E-state index in [0.717, 1.165) is 5.56 Å². The number of benzene rings is 1. The van der Waals surface area contributed by atoms with Crippen LogP contribution in [0.5, 0.6) is 0 Å². The molecule has 4 nitrogen and oxygen atoms in total. The van der Waals surface area contributed by atoms with E-state index in [1.165, 1.54) is 12.2 Å². The van der Waals surface area contributed by atoms with Crippen molar-refractivity contribution in [2.45, 2.75) is 24.8 Å². The van der Waals surface area contributed by atoms with E-state index in [4.69, 9.17) is 5.11 Å². The minimum atomic E-state index is -2.03. The van der Waals surface area contributed by atoms with Gasteiger partial charge in [0.05, 0.1) is 12.5 Å². The normalized spacial score (nSPS) is 15.5. The maximum Gasteiger partial charge on any atom is 1.00 e. The maximum atomic E-state index is 13.4. The molecule has 0 saturated carbocycles. The maximum absolute atomic E-state index is 13.4. The summed E-state index contributed by atoms with van der Waals surface area (Å²) in [5, 5.41) is 27.0. The number of hydrogen-bond acceptors (Lipinski definition) is 3. The Morgan fingerprint density at radius 3 is 2.42 bits per heavy atom. The summed E-state index contributed by atoms with van der Waals surface area (Å²) in [6.45, 7) is 0. The van der Waals surface area contributed by atoms with Crippen LogP contribution >= 0.6 is 0 Å². The third kappa shape index (κ3) is 6.84. The van der Waals surface area contributed by atoms with E-state index in [-0.39, 0.29) is 31.0 Å². The van der Waals surface area contributed by atoms with Crippen molar-refractivity contribution in [3.8, 4) is 0 Å². The quantitative estimate of drug-likeness (QED) is 0.545. The second-order valence-electron chi connectivity index (χ2n) is 3.87. The Labute approximate surface area is 134 Å². The molecule has 0 aromatic heterocycles. The third-order valence-corrected chi connectivity index (χ3v) is 2.36. The fraction of sp³-hybridized carbons (Fsp3) is 0.308. The van der Waals surface area contributed by atoms with Gasteiger partial charge in [-0.3, -0.25) is 4.79 Å². The Morgan fingerprint density at radius 2 is 1.89 bits per heavy atom. The van der Waals surface area contributed by atoms with Gasteiger partial charge in [-0.25, -0.2) is 4.39 Å². The summed E-state index contributed by atoms with van der Waals surface area (Å²) in [5.41, 5.74) is 0.775. The van der Waals surface area contributed by atoms with Crippen molar-refractivity contribution < 1.29 is 55.5 Å². The second-order valence-corrected chi connectivity index (χ2v) is 3.87. The predicted molar refractivity (Wildman–Crippen MR) is 65.8 cm³/mol. The summed E-state index contributed by atoms with van der Waals surface area (Å²) in [7, 11) is 0. The predicted octanol–water partition coefficient (Wildman–Crippen LogP) is -1.65. The number of carboxylic acids is 1. The topological polar surface area (TPSA) is 77.8 Å². The van der Waals surface area contributed by atoms with Crippen molar-refractivity contribution in [2.24, 2.45) is 0 Å². The zero-order valence-electron chi connectivity index (χ0n) is 11.6. The average Bonchev–Trinajstić information content (AvgIpc) is 2.35. The van der Waals surface area contributed by atoms with Gasteiger partial charge in [-0.15, -0.1) is 0 Å². The number of alkyl halides is 1. The van der Waals surface area contributed by atoms with Gasteiger partial charge in [0.1, 0.15) is 6.10 Å². The van der Waals surface area contributed by atoms with E-state index in [1.54, 1.807) is 24.3 Å². The van der Waals surface area contributed by atoms with Crippen molar-refractivity contribution in [2.75, 3.05) is 0 Å². The summed E-state index contributed by atoms with van der Waals surface area (Å²) >= 11 is 0. The number of aliphatic hydroxyl groups is 2. The first-order valence-corrected chi connectivity index (χ1v) is 5.46. The number of carbonyl (C=O) groups is 1. The van der Waals surface area contributed by atoms with Crippen molar-refractivity contribution in [3.05, 3.63) is 42.0 Å². The summed E-state index contributed by atoms with van der Waals surface area (Å²) in [5.74, 6) is -1.32. The van der Waals surface area contributed by atoms with Gasteiger partial charge in [-0.2, -0.15) is 0 Å². The molecule has 1 aromatic carbocycles. The van der Waals surface area contributed by atoms with Crippen LogP contribution in [0.1, 0.15) is 13.4 Å². The number of aliphatic hydroxyl groups excluding tert-OH is 2. The molecule has 6 heteroatoms. The first kappa shape index (κ1) is 18.3. The Morgan fingerprint density at radius 1 is 1.32 bits per heavy atom. The van der Waals surface area contributed by atoms with Crippen LogP contribution in [-0.2, 0) is 4.79 Å². The zero-order valence-corrected chi connectivity index (χ0v) is 12.6. The molecule has 0 radical (unpaired) electrons. The smallest absolute Gasteiger partial charge is 1.00 e. The number of rotatable bonds is 6. The van der Waals surface area contributed by atoms with Crippen molar-refractivity contribution in [1.82, 2.24) is 0 Å². The summed E-state index contributed by atoms with van der Waals surface area (Å²) in [4.78, 5) is 10.3. The molecule has 0 aliphatic rings. The first-order valence-electron chi connectivity index (χ1n) is 5.46. The molecule has 3 unspecified atom stereocenters. The van der Waals surface area contributed by atoms with Crippen LogP contribution in [0, 0.1) is 0 Å². The van der Waals surface area contributed by atoms with E-state index in [9.17, 15) is 19.4 Å². The third-order valence-electron chi connectivity index (χ3n) is 2.36. The Hall–Kier alpha value is -0.720. The van der Waals surface area contributed by atoms with Crippen LogP contribution in [0.2, 0.25) is 0 Å². The minimum Gasteiger partial charge on any atom is -1.00 e. The number of halogens is 1. The number of hydrogen-bond donors (Lipinski definition) is 3. The zero-order chi connectivity index (χ0) is 13.5. The molecule has 0 amide bonds. The average molecular weight is 278 g/mol. The molecule has 0 bridgehead atoms. The summed E-state index contributed by atoms with van der Waals surface area (Å²) in [6.07, 6.45) is -3.34. The fourth-order valence-electron chi connectivity index (χ4n) is 1.40. The Bertz CT molecular complexity index is 416. The van der Waals surface area contributed by atoms with Gasteiger partial charge in [0.25, 0.3) is 0 Å². The summed E-state index contributed by atoms with van der Waals surface area (Å²) < 4.78 is 13.4. The Kier molecular flexibility index (Phi) is 8.88. The minimum absolute atomic E-state index is 0. The SMILES string of the molecule is O=C(O)CC(O)C(F)C(O)/C=C/c1ccccc1.[H-].[Na+]. The summed E-state index contributed by atoms with van der Waals surface area (Å²) in [6, 6.07) is 8.94. The van der Waals surface area contributed by atoms with Gasteiger partial charge >= 0.3 is 35.5 Å². The number of carboxylic acid groups (broad SMARTS) is 1. The molecule has 3 N–H and O–H groups in total. The van der Waals surface area contributed by atoms with Gasteiger partial charge in [-0.1, -0.05) is 42.5 Å². The van der Waals surface area contributed by atoms with Gasteiger partial charge in [0, 0.05) is 0 Å². The van der Waals surface area contributed by atoms with Crippen LogP contribution < -0.4 is 29.6 Å². The molecule has 0 fully saturated rings. The molecule has 19 heavy (non-hydrogen) atoms. The molecule has 100 valence electrons. The molecule has 3 atom stereocenters. The van der Waals surface area contributed by atoms with Crippen LogP contribution in [0.15, 0.2) is 36.4 Å². The fourth-order valence-corrected chi connectivity index (χ4v) is 1.40. The second kappa shape index (κ2) is 9.23. The van der Waals surface area contributed by atoms with Crippen molar-refractivity contribution >= 4 is 12.0 Å². The van der Waals surface area contributed by atoms with Crippen LogP contribution in [0.4, 0.5) is 4.39 Å². The molecule has 1 aromatic rings. The molecular weight excluding hydrogens is 262 g/mol. The Balaban J connectivity index is 0. The molecule has 0 spiro atoms. The van der Waals surface area contributed by atoms with Crippen LogP contribution in [0.3, 0.4) is 0 Å². The van der Waals surface area contributed by atoms with Gasteiger partial charge < -0.3 is 16.7 Å². The standard InChI is InChI=1S/C13H15FO4.Na.H/c14-13(11(16)8-12(17)18)10(15)7-6-9-4-2-1-3-5-9;;/h1-7,10-11,13,15-16H,8H2,(H,17,18);;/q;+1;-1/b7-6+;;. The molecule has 0 aliphatic heterocycles. The van der Waals surface area contributed by atoms with E-state index >= 15 is 0 Å². The van der Waals surface area contributed by atoms with Gasteiger partial charge in [0.15, 0.2) is 6.17 Å². The monoisotopic (exact) mass is 278 g/mol. The van der Waals surface area contributed by atoms with Crippen LogP contribution in [-0.4, -0.2) is 39.7 Å². The number of aliphatic carboxylic acids is 1. The van der Waals surface area contributed by atoms with E-state index in [2.05, 4.69) is 0 Å². The van der Waals surface area contributed by atoms with Crippen LogP contribution in [0.25, 0.3) is 6.08 Å². The van der Waals surface area contributed by atoms with Gasteiger partial charge in [0.2, 0.25) is 0 Å². The van der Waals surface area contributed by atoms with Gasteiger partial charge in [-0.05, 0) is 5.56 Å². The molecule has 0 aliphatic carbocycles. The van der Waals surface area contributed by atoms with Crippen molar-refractivity contribution in [1.29, 1.82) is 0 Å².